The molecule has 94 valence electrons. The van der Waals surface area contributed by atoms with Gasteiger partial charge in [0.15, 0.2) is 0 Å². The predicted molar refractivity (Wildman–Crippen MR) is 68.0 cm³/mol. The van der Waals surface area contributed by atoms with Crippen molar-refractivity contribution < 1.29 is 9.90 Å². The first-order chi connectivity index (χ1) is 8.02. The van der Waals surface area contributed by atoms with Gasteiger partial charge in [0.05, 0.1) is 10.4 Å². The van der Waals surface area contributed by atoms with Crippen LogP contribution in [0.25, 0.3) is 0 Å². The zero-order valence-electron chi connectivity index (χ0n) is 10.2. The van der Waals surface area contributed by atoms with Crippen LogP contribution in [0, 0.1) is 5.41 Å². The molecular formula is C12H18N2O2S. The van der Waals surface area contributed by atoms with E-state index < -0.39 is 11.4 Å². The Bertz CT molecular complexity index is 355. The number of nitrogens with zero attached hydrogens (tertiary/aromatic N) is 2. The zero-order valence-corrected chi connectivity index (χ0v) is 11.0. The molecule has 0 amide bonds. The average Bonchev–Trinajstić information content (AvgIpc) is 2.29. The van der Waals surface area contributed by atoms with Gasteiger partial charge in [0.2, 0.25) is 0 Å². The lowest BCUT2D eigenvalue weighted by Crippen LogP contribution is -2.23. The highest BCUT2D eigenvalue weighted by Crippen LogP contribution is 2.24. The number of rotatable bonds is 7. The fraction of sp³-hybridized carbons (Fsp3) is 0.583. The van der Waals surface area contributed by atoms with Crippen LogP contribution in [-0.2, 0) is 4.79 Å². The van der Waals surface area contributed by atoms with E-state index in [1.54, 1.807) is 31.8 Å². The van der Waals surface area contributed by atoms with Crippen molar-refractivity contribution in [2.24, 2.45) is 5.41 Å². The smallest absolute Gasteiger partial charge is 0.309 e. The van der Waals surface area contributed by atoms with Gasteiger partial charge in [-0.15, -0.1) is 11.8 Å². The van der Waals surface area contributed by atoms with E-state index in [-0.39, 0.29) is 0 Å². The molecule has 0 aromatic carbocycles. The molecule has 1 heterocycles. The maximum Gasteiger partial charge on any atom is 0.309 e. The van der Waals surface area contributed by atoms with Crippen molar-refractivity contribution in [2.75, 3.05) is 5.75 Å². The number of hydrogen-bond donors (Lipinski definition) is 1. The summed E-state index contributed by atoms with van der Waals surface area (Å²) in [4.78, 5) is 18.8. The average molecular weight is 254 g/mol. The van der Waals surface area contributed by atoms with Crippen molar-refractivity contribution in [1.82, 2.24) is 9.97 Å². The lowest BCUT2D eigenvalue weighted by atomic mass is 9.88. The van der Waals surface area contributed by atoms with Crippen LogP contribution < -0.4 is 0 Å². The van der Waals surface area contributed by atoms with Crippen LogP contribution in [0.15, 0.2) is 23.6 Å². The molecule has 0 fully saturated rings. The van der Waals surface area contributed by atoms with Gasteiger partial charge in [0, 0.05) is 6.20 Å². The van der Waals surface area contributed by atoms with Crippen molar-refractivity contribution in [3.63, 3.8) is 0 Å². The highest BCUT2D eigenvalue weighted by atomic mass is 32.2. The quantitative estimate of drug-likeness (QED) is 0.460. The second-order valence-corrected chi connectivity index (χ2v) is 5.66. The fourth-order valence-electron chi connectivity index (χ4n) is 1.32. The van der Waals surface area contributed by atoms with Crippen LogP contribution in [0.5, 0.6) is 0 Å². The molecule has 0 radical (unpaired) electrons. The zero-order chi connectivity index (χ0) is 12.7. The Hall–Kier alpha value is -1.10. The van der Waals surface area contributed by atoms with Gasteiger partial charge in [0.25, 0.3) is 0 Å². The van der Waals surface area contributed by atoms with E-state index in [0.717, 1.165) is 23.6 Å². The van der Waals surface area contributed by atoms with Crippen LogP contribution in [0.4, 0.5) is 0 Å². The van der Waals surface area contributed by atoms with Crippen molar-refractivity contribution in [3.05, 3.63) is 18.6 Å². The molecule has 0 aliphatic rings. The minimum Gasteiger partial charge on any atom is -0.481 e. The number of carbonyl (C=O) groups is 1. The van der Waals surface area contributed by atoms with Crippen LogP contribution in [0.3, 0.4) is 0 Å². The maximum atomic E-state index is 10.9. The maximum absolute atomic E-state index is 10.9. The Morgan fingerprint density at radius 1 is 1.47 bits per heavy atom. The summed E-state index contributed by atoms with van der Waals surface area (Å²) in [5, 5.41) is 9.92. The number of aliphatic carboxylic acids is 1. The van der Waals surface area contributed by atoms with E-state index in [9.17, 15) is 4.79 Å². The number of aromatic nitrogens is 2. The second-order valence-electron chi connectivity index (χ2n) is 4.54. The van der Waals surface area contributed by atoms with E-state index in [4.69, 9.17) is 5.11 Å². The normalized spacial score (nSPS) is 11.4. The molecule has 4 nitrogen and oxygen atoms in total. The Labute approximate surface area is 106 Å². The summed E-state index contributed by atoms with van der Waals surface area (Å²) in [5.41, 5.74) is -0.612. The molecule has 1 aromatic heterocycles. The van der Waals surface area contributed by atoms with Crippen molar-refractivity contribution in [2.45, 2.75) is 38.1 Å². The number of thioether (sulfide) groups is 1. The van der Waals surface area contributed by atoms with Gasteiger partial charge < -0.3 is 5.11 Å². The van der Waals surface area contributed by atoms with Crippen LogP contribution in [0.2, 0.25) is 0 Å². The molecule has 0 bridgehead atoms. The minimum atomic E-state index is -0.721. The summed E-state index contributed by atoms with van der Waals surface area (Å²) in [6.07, 6.45) is 5.91. The Kier molecular flexibility index (Phi) is 5.41. The summed E-state index contributed by atoms with van der Waals surface area (Å²) < 4.78 is 0. The van der Waals surface area contributed by atoms with E-state index >= 15 is 0 Å². The first-order valence-electron chi connectivity index (χ1n) is 5.64. The largest absolute Gasteiger partial charge is 0.481 e. The van der Waals surface area contributed by atoms with Crippen molar-refractivity contribution in [3.8, 4) is 0 Å². The minimum absolute atomic E-state index is 0.612. The van der Waals surface area contributed by atoms with E-state index in [2.05, 4.69) is 9.97 Å². The predicted octanol–water partition coefficient (Wildman–Crippen LogP) is 2.85. The molecule has 1 N–H and O–H groups in total. The van der Waals surface area contributed by atoms with Crippen LogP contribution in [0.1, 0.15) is 33.1 Å². The highest BCUT2D eigenvalue weighted by molar-refractivity contribution is 7.99. The highest BCUT2D eigenvalue weighted by Gasteiger charge is 2.25. The Morgan fingerprint density at radius 3 is 2.82 bits per heavy atom. The van der Waals surface area contributed by atoms with Gasteiger partial charge in [-0.2, -0.15) is 0 Å². The first-order valence-corrected chi connectivity index (χ1v) is 6.63. The van der Waals surface area contributed by atoms with Crippen molar-refractivity contribution in [1.29, 1.82) is 0 Å². The van der Waals surface area contributed by atoms with Gasteiger partial charge >= 0.3 is 5.97 Å². The van der Waals surface area contributed by atoms with Gasteiger partial charge in [-0.25, -0.2) is 9.97 Å². The van der Waals surface area contributed by atoms with E-state index in [1.165, 1.54) is 6.33 Å². The van der Waals surface area contributed by atoms with Crippen molar-refractivity contribution >= 4 is 17.7 Å². The third-order valence-corrected chi connectivity index (χ3v) is 3.61. The Balaban J connectivity index is 2.15. The van der Waals surface area contributed by atoms with Crippen LogP contribution >= 0.6 is 11.8 Å². The van der Waals surface area contributed by atoms with Crippen LogP contribution in [-0.4, -0.2) is 26.8 Å². The summed E-state index contributed by atoms with van der Waals surface area (Å²) in [5.74, 6) is 0.244. The van der Waals surface area contributed by atoms with Gasteiger partial charge in [0.1, 0.15) is 6.33 Å². The molecule has 0 spiro atoms. The molecule has 17 heavy (non-hydrogen) atoms. The lowest BCUT2D eigenvalue weighted by molar-refractivity contribution is -0.147. The fourth-order valence-corrected chi connectivity index (χ4v) is 2.15. The van der Waals surface area contributed by atoms with Gasteiger partial charge in [-0.05, 0) is 38.5 Å². The third kappa shape index (κ3) is 5.17. The monoisotopic (exact) mass is 254 g/mol. The number of carboxylic acid groups (broad SMARTS) is 1. The van der Waals surface area contributed by atoms with E-state index in [1.807, 2.05) is 6.07 Å². The summed E-state index contributed by atoms with van der Waals surface area (Å²) in [6.45, 7) is 3.54. The number of hydrogen-bond acceptors (Lipinski definition) is 4. The molecule has 0 aliphatic carbocycles. The van der Waals surface area contributed by atoms with E-state index in [0.29, 0.717) is 6.42 Å². The molecule has 1 aromatic rings. The summed E-state index contributed by atoms with van der Waals surface area (Å²) in [7, 11) is 0. The molecule has 0 atom stereocenters. The molecular weight excluding hydrogens is 236 g/mol. The molecule has 0 aliphatic heterocycles. The second kappa shape index (κ2) is 6.59. The molecule has 5 heteroatoms. The molecule has 1 rings (SSSR count). The first kappa shape index (κ1) is 14.0. The molecule has 0 unspecified atom stereocenters. The molecule has 0 saturated heterocycles. The topological polar surface area (TPSA) is 63.1 Å². The summed E-state index contributed by atoms with van der Waals surface area (Å²) >= 11 is 1.68. The van der Waals surface area contributed by atoms with Gasteiger partial charge in [-0.1, -0.05) is 6.42 Å². The number of carboxylic acids is 1. The number of unbranched alkanes of at least 4 members (excludes halogenated alkanes) is 1. The standard InChI is InChI=1S/C12H18N2O2S/c1-12(2,11(15)16)6-3-4-8-17-10-5-7-13-9-14-10/h5,7,9H,3-4,6,8H2,1-2H3,(H,15,16). The molecule has 0 saturated carbocycles. The summed E-state index contributed by atoms with van der Waals surface area (Å²) in [6, 6.07) is 1.88. The lowest BCUT2D eigenvalue weighted by Gasteiger charge is -2.18. The van der Waals surface area contributed by atoms with Gasteiger partial charge in [-0.3, -0.25) is 4.79 Å². The third-order valence-electron chi connectivity index (χ3n) is 2.58. The Morgan fingerprint density at radius 2 is 2.24 bits per heavy atom. The SMILES string of the molecule is CC(C)(CCCCSc1ccncn1)C(=O)O.